The zero-order valence-corrected chi connectivity index (χ0v) is 14.3. The predicted molar refractivity (Wildman–Crippen MR) is 90.5 cm³/mol. The molecule has 24 heavy (non-hydrogen) atoms. The maximum Gasteiger partial charge on any atom is 0.257 e. The molecule has 2 fully saturated rings. The topological polar surface area (TPSA) is 74.5 Å². The van der Waals surface area contributed by atoms with E-state index in [2.05, 4.69) is 25.3 Å². The third-order valence-corrected chi connectivity index (χ3v) is 5.19. The number of amides is 1. The van der Waals surface area contributed by atoms with Crippen molar-refractivity contribution in [3.8, 4) is 10.8 Å². The lowest BCUT2D eigenvalue weighted by molar-refractivity contribution is -0.122. The van der Waals surface area contributed by atoms with Crippen LogP contribution in [0.15, 0.2) is 21.9 Å². The molecule has 2 aromatic heterocycles. The highest BCUT2D eigenvalue weighted by molar-refractivity contribution is 7.13. The Morgan fingerprint density at radius 2 is 2.04 bits per heavy atom. The minimum Gasteiger partial charge on any atom is -0.419 e. The molecule has 0 unspecified atom stereocenters. The quantitative estimate of drug-likeness (QED) is 0.846. The molecule has 1 aliphatic heterocycles. The maximum absolute atomic E-state index is 11.9. The maximum atomic E-state index is 11.9. The van der Waals surface area contributed by atoms with Crippen molar-refractivity contribution in [2.45, 2.75) is 25.4 Å². The summed E-state index contributed by atoms with van der Waals surface area (Å²) < 4.78 is 5.74. The zero-order valence-electron chi connectivity index (χ0n) is 13.5. The number of thiophene rings is 1. The van der Waals surface area contributed by atoms with Gasteiger partial charge in [0.05, 0.1) is 18.0 Å². The average molecular weight is 347 g/mol. The summed E-state index contributed by atoms with van der Waals surface area (Å²) in [5, 5.41) is 13.3. The molecule has 0 bridgehead atoms. The van der Waals surface area contributed by atoms with Crippen molar-refractivity contribution in [1.29, 1.82) is 0 Å². The summed E-state index contributed by atoms with van der Waals surface area (Å²) >= 11 is 1.60. The molecule has 128 valence electrons. The van der Waals surface area contributed by atoms with Gasteiger partial charge in [-0.1, -0.05) is 6.07 Å². The van der Waals surface area contributed by atoms with E-state index in [1.807, 2.05) is 17.5 Å². The van der Waals surface area contributed by atoms with E-state index in [0.717, 1.165) is 43.9 Å². The third-order valence-electron chi connectivity index (χ3n) is 4.33. The van der Waals surface area contributed by atoms with Gasteiger partial charge in [0.25, 0.3) is 5.89 Å². The first-order valence-corrected chi connectivity index (χ1v) is 9.24. The summed E-state index contributed by atoms with van der Waals surface area (Å²) in [5.41, 5.74) is 0. The Bertz CT molecular complexity index is 674. The predicted octanol–water partition coefficient (Wildman–Crippen LogP) is 1.19. The lowest BCUT2D eigenvalue weighted by Crippen LogP contribution is -2.49. The van der Waals surface area contributed by atoms with Crippen LogP contribution in [-0.4, -0.2) is 64.7 Å². The summed E-state index contributed by atoms with van der Waals surface area (Å²) in [6, 6.07) is 4.39. The highest BCUT2D eigenvalue weighted by Crippen LogP contribution is 2.23. The molecule has 0 atom stereocenters. The van der Waals surface area contributed by atoms with E-state index < -0.39 is 0 Å². The first-order chi connectivity index (χ1) is 11.8. The van der Waals surface area contributed by atoms with Gasteiger partial charge in [0.15, 0.2) is 0 Å². The van der Waals surface area contributed by atoms with E-state index in [-0.39, 0.29) is 5.91 Å². The van der Waals surface area contributed by atoms with Gasteiger partial charge in [-0.25, -0.2) is 0 Å². The van der Waals surface area contributed by atoms with E-state index in [0.29, 0.717) is 30.9 Å². The van der Waals surface area contributed by atoms with Crippen LogP contribution in [0.2, 0.25) is 0 Å². The largest absolute Gasteiger partial charge is 0.419 e. The number of piperazine rings is 1. The number of hydrogen-bond donors (Lipinski definition) is 1. The van der Waals surface area contributed by atoms with Gasteiger partial charge >= 0.3 is 0 Å². The van der Waals surface area contributed by atoms with Crippen molar-refractivity contribution in [2.75, 3.05) is 32.7 Å². The molecule has 1 saturated carbocycles. The van der Waals surface area contributed by atoms with Crippen LogP contribution in [0.1, 0.15) is 18.7 Å². The van der Waals surface area contributed by atoms with Crippen LogP contribution < -0.4 is 5.32 Å². The van der Waals surface area contributed by atoms with Crippen LogP contribution in [0.5, 0.6) is 0 Å². The van der Waals surface area contributed by atoms with Gasteiger partial charge in [0, 0.05) is 32.2 Å². The van der Waals surface area contributed by atoms with E-state index in [1.54, 1.807) is 11.3 Å². The van der Waals surface area contributed by atoms with Gasteiger partial charge in [-0.15, -0.1) is 21.5 Å². The summed E-state index contributed by atoms with van der Waals surface area (Å²) in [6.45, 7) is 4.78. The van der Waals surface area contributed by atoms with Crippen molar-refractivity contribution in [3.63, 3.8) is 0 Å². The Hall–Kier alpha value is -1.77. The first-order valence-electron chi connectivity index (χ1n) is 8.36. The number of aromatic nitrogens is 2. The molecule has 0 spiro atoms. The van der Waals surface area contributed by atoms with Crippen LogP contribution in [0.4, 0.5) is 0 Å². The molecule has 2 aromatic rings. The van der Waals surface area contributed by atoms with Gasteiger partial charge < -0.3 is 9.73 Å². The van der Waals surface area contributed by atoms with Crippen LogP contribution in [-0.2, 0) is 11.3 Å². The summed E-state index contributed by atoms with van der Waals surface area (Å²) in [6.07, 6.45) is 2.27. The van der Waals surface area contributed by atoms with Crippen molar-refractivity contribution in [2.24, 2.45) is 0 Å². The Morgan fingerprint density at radius 3 is 2.75 bits per heavy atom. The lowest BCUT2D eigenvalue weighted by atomic mass is 10.3. The number of nitrogens with one attached hydrogen (secondary N) is 1. The Balaban J connectivity index is 1.23. The van der Waals surface area contributed by atoms with E-state index in [9.17, 15) is 4.79 Å². The molecule has 4 rings (SSSR count). The molecule has 1 amide bonds. The van der Waals surface area contributed by atoms with Gasteiger partial charge in [-0.3, -0.25) is 14.6 Å². The molecule has 0 radical (unpaired) electrons. The Kier molecular flexibility index (Phi) is 4.59. The van der Waals surface area contributed by atoms with Crippen molar-refractivity contribution in [1.82, 2.24) is 25.3 Å². The monoisotopic (exact) mass is 347 g/mol. The number of nitrogens with zero attached hydrogens (tertiary/aromatic N) is 4. The Labute approximate surface area is 144 Å². The molecule has 1 aliphatic carbocycles. The molecule has 1 saturated heterocycles. The summed E-state index contributed by atoms with van der Waals surface area (Å²) in [4.78, 5) is 17.4. The first kappa shape index (κ1) is 15.7. The molecule has 0 aromatic carbocycles. The van der Waals surface area contributed by atoms with Gasteiger partial charge in [0.2, 0.25) is 11.8 Å². The molecular weight excluding hydrogens is 326 g/mol. The fourth-order valence-electron chi connectivity index (χ4n) is 2.82. The van der Waals surface area contributed by atoms with Crippen LogP contribution in [0, 0.1) is 0 Å². The van der Waals surface area contributed by atoms with E-state index in [1.165, 1.54) is 0 Å². The highest BCUT2D eigenvalue weighted by atomic mass is 32.1. The fraction of sp³-hybridized carbons (Fsp3) is 0.562. The summed E-state index contributed by atoms with van der Waals surface area (Å²) in [5.74, 6) is 1.40. The average Bonchev–Trinajstić information content (AvgIpc) is 3.04. The zero-order chi connectivity index (χ0) is 16.4. The molecule has 7 nitrogen and oxygen atoms in total. The van der Waals surface area contributed by atoms with Gasteiger partial charge in [-0.05, 0) is 24.3 Å². The van der Waals surface area contributed by atoms with E-state index >= 15 is 0 Å². The van der Waals surface area contributed by atoms with Crippen LogP contribution in [0.3, 0.4) is 0 Å². The third kappa shape index (κ3) is 4.00. The number of carbonyl (C=O) groups is 1. The minimum absolute atomic E-state index is 0.156. The Morgan fingerprint density at radius 1 is 1.25 bits per heavy atom. The second-order valence-corrected chi connectivity index (χ2v) is 7.32. The highest BCUT2D eigenvalue weighted by Gasteiger charge is 2.25. The SMILES string of the molecule is O=C(CN1CCN(Cc2nnc(-c3cccs3)o2)CC1)NC1CC1. The molecule has 8 heteroatoms. The van der Waals surface area contributed by atoms with E-state index in [4.69, 9.17) is 4.42 Å². The number of carbonyl (C=O) groups excluding carboxylic acids is 1. The second-order valence-electron chi connectivity index (χ2n) is 6.37. The molecule has 1 N–H and O–H groups in total. The standard InChI is InChI=1S/C16H21N5O2S/c22-14(17-12-3-4-12)10-20-5-7-21(8-6-20)11-15-18-19-16(23-15)13-2-1-9-24-13/h1-2,9,12H,3-8,10-11H2,(H,17,22). The second kappa shape index (κ2) is 7.00. The number of rotatable bonds is 6. The smallest absolute Gasteiger partial charge is 0.257 e. The lowest BCUT2D eigenvalue weighted by Gasteiger charge is -2.33. The van der Waals surface area contributed by atoms with Crippen molar-refractivity contribution >= 4 is 17.2 Å². The molecule has 3 heterocycles. The summed E-state index contributed by atoms with van der Waals surface area (Å²) in [7, 11) is 0. The molecular formula is C16H21N5O2S. The minimum atomic E-state index is 0.156. The normalized spacial score (nSPS) is 19.5. The van der Waals surface area contributed by atoms with Crippen LogP contribution >= 0.6 is 11.3 Å². The van der Waals surface area contributed by atoms with Gasteiger partial charge in [0.1, 0.15) is 0 Å². The van der Waals surface area contributed by atoms with Crippen molar-refractivity contribution in [3.05, 3.63) is 23.4 Å². The number of hydrogen-bond acceptors (Lipinski definition) is 7. The van der Waals surface area contributed by atoms with Crippen LogP contribution in [0.25, 0.3) is 10.8 Å². The fourth-order valence-corrected chi connectivity index (χ4v) is 3.46. The van der Waals surface area contributed by atoms with Gasteiger partial charge in [-0.2, -0.15) is 0 Å². The molecule has 2 aliphatic rings. The van der Waals surface area contributed by atoms with Crippen molar-refractivity contribution < 1.29 is 9.21 Å².